The molecule has 0 radical (unpaired) electrons. The monoisotopic (exact) mass is 386 g/mol. The summed E-state index contributed by atoms with van der Waals surface area (Å²) < 4.78 is 5.86. The molecule has 0 saturated carbocycles. The van der Waals surface area contributed by atoms with Crippen molar-refractivity contribution in [3.05, 3.63) is 57.8 Å². The highest BCUT2D eigenvalue weighted by atomic mass is 32.1. The number of hydrogen-bond acceptors (Lipinski definition) is 4. The summed E-state index contributed by atoms with van der Waals surface area (Å²) >= 11 is 1.71. The summed E-state index contributed by atoms with van der Waals surface area (Å²) in [5.74, 6) is 0.824. The molecule has 0 spiro atoms. The molecule has 2 unspecified atom stereocenters. The number of nitrogens with one attached hydrogen (secondary N) is 2. The van der Waals surface area contributed by atoms with Gasteiger partial charge in [0.25, 0.3) is 0 Å². The molecule has 3 rings (SSSR count). The van der Waals surface area contributed by atoms with Crippen molar-refractivity contribution < 1.29 is 4.74 Å². The molecule has 1 aromatic carbocycles. The lowest BCUT2D eigenvalue weighted by atomic mass is 10.1. The number of ether oxygens (including phenoxy) is 1. The molecular weight excluding hydrogens is 356 g/mol. The highest BCUT2D eigenvalue weighted by Crippen LogP contribution is 2.17. The van der Waals surface area contributed by atoms with Crippen LogP contribution in [0.5, 0.6) is 0 Å². The minimum Gasteiger partial charge on any atom is -0.373 e. The van der Waals surface area contributed by atoms with Gasteiger partial charge in [0, 0.05) is 39.8 Å². The summed E-state index contributed by atoms with van der Waals surface area (Å²) in [6, 6.07) is 10.8. The van der Waals surface area contributed by atoms with Gasteiger partial charge in [0.2, 0.25) is 0 Å². The van der Waals surface area contributed by atoms with E-state index in [4.69, 9.17) is 4.74 Å². The van der Waals surface area contributed by atoms with Gasteiger partial charge in [-0.05, 0) is 47.4 Å². The third-order valence-corrected chi connectivity index (χ3v) is 5.45. The third-order valence-electron chi connectivity index (χ3n) is 4.72. The van der Waals surface area contributed by atoms with Crippen LogP contribution in [0.15, 0.2) is 46.1 Å². The summed E-state index contributed by atoms with van der Waals surface area (Å²) in [6.45, 7) is 8.77. The SMILES string of the molecule is CN=C(NCc1ccsc1)NCc1ccccc1CN1CC(C)OC(C)C1. The molecule has 0 bridgehead atoms. The van der Waals surface area contributed by atoms with Crippen LogP contribution in [0.2, 0.25) is 0 Å². The minimum absolute atomic E-state index is 0.291. The first kappa shape index (κ1) is 19.9. The Hall–Kier alpha value is -1.89. The number of rotatable bonds is 6. The second-order valence-corrected chi connectivity index (χ2v) is 7.91. The highest BCUT2D eigenvalue weighted by Gasteiger charge is 2.22. The van der Waals surface area contributed by atoms with Gasteiger partial charge in [-0.2, -0.15) is 11.3 Å². The lowest BCUT2D eigenvalue weighted by molar-refractivity contribution is -0.0705. The van der Waals surface area contributed by atoms with Crippen molar-refractivity contribution in [2.45, 2.75) is 45.7 Å². The molecule has 2 aromatic rings. The van der Waals surface area contributed by atoms with Crippen LogP contribution in [0.1, 0.15) is 30.5 Å². The summed E-state index contributed by atoms with van der Waals surface area (Å²) in [4.78, 5) is 6.83. The normalized spacial score (nSPS) is 21.2. The summed E-state index contributed by atoms with van der Waals surface area (Å²) in [7, 11) is 1.81. The van der Waals surface area contributed by atoms with Gasteiger partial charge in [-0.25, -0.2) is 0 Å². The number of guanidine groups is 1. The van der Waals surface area contributed by atoms with E-state index in [0.29, 0.717) is 12.2 Å². The van der Waals surface area contributed by atoms with Gasteiger partial charge < -0.3 is 15.4 Å². The van der Waals surface area contributed by atoms with Crippen molar-refractivity contribution in [3.8, 4) is 0 Å². The second kappa shape index (κ2) is 9.88. The predicted molar refractivity (Wildman–Crippen MR) is 113 cm³/mol. The quantitative estimate of drug-likeness (QED) is 0.591. The van der Waals surface area contributed by atoms with Crippen LogP contribution in [0, 0.1) is 0 Å². The van der Waals surface area contributed by atoms with E-state index in [2.05, 4.69) is 75.5 Å². The van der Waals surface area contributed by atoms with E-state index in [1.807, 2.05) is 7.05 Å². The minimum atomic E-state index is 0.291. The molecule has 1 aliphatic heterocycles. The largest absolute Gasteiger partial charge is 0.373 e. The standard InChI is InChI=1S/C21H30N4OS/c1-16-12-25(13-17(2)26-16)14-20-7-5-4-6-19(20)11-24-21(22-3)23-10-18-8-9-27-15-18/h4-9,15-17H,10-14H2,1-3H3,(H2,22,23,24). The van der Waals surface area contributed by atoms with Gasteiger partial charge in [-0.15, -0.1) is 0 Å². The Kier molecular flexibility index (Phi) is 7.26. The van der Waals surface area contributed by atoms with Crippen molar-refractivity contribution in [3.63, 3.8) is 0 Å². The van der Waals surface area contributed by atoms with Crippen LogP contribution in [0.3, 0.4) is 0 Å². The summed E-state index contributed by atoms with van der Waals surface area (Å²) in [6.07, 6.45) is 0.582. The zero-order chi connectivity index (χ0) is 19.1. The number of nitrogens with zero attached hydrogens (tertiary/aromatic N) is 2. The van der Waals surface area contributed by atoms with E-state index in [1.165, 1.54) is 16.7 Å². The zero-order valence-corrected chi connectivity index (χ0v) is 17.3. The molecular formula is C21H30N4OS. The van der Waals surface area contributed by atoms with E-state index in [0.717, 1.165) is 38.7 Å². The fourth-order valence-corrected chi connectivity index (χ4v) is 4.19. The fraction of sp³-hybridized carbons (Fsp3) is 0.476. The van der Waals surface area contributed by atoms with Crippen LogP contribution in [-0.2, 0) is 24.4 Å². The molecule has 0 amide bonds. The maximum Gasteiger partial charge on any atom is 0.191 e. The van der Waals surface area contributed by atoms with Crippen LogP contribution < -0.4 is 10.6 Å². The lowest BCUT2D eigenvalue weighted by Gasteiger charge is -2.35. The van der Waals surface area contributed by atoms with Gasteiger partial charge in [-0.1, -0.05) is 24.3 Å². The highest BCUT2D eigenvalue weighted by molar-refractivity contribution is 7.07. The van der Waals surface area contributed by atoms with Crippen LogP contribution in [0.4, 0.5) is 0 Å². The second-order valence-electron chi connectivity index (χ2n) is 7.13. The van der Waals surface area contributed by atoms with E-state index in [-0.39, 0.29) is 0 Å². The van der Waals surface area contributed by atoms with Crippen molar-refractivity contribution in [2.24, 2.45) is 4.99 Å². The number of benzene rings is 1. The number of morpholine rings is 1. The molecule has 2 N–H and O–H groups in total. The summed E-state index contributed by atoms with van der Waals surface area (Å²) in [5.41, 5.74) is 3.95. The van der Waals surface area contributed by atoms with Crippen LogP contribution in [-0.4, -0.2) is 43.2 Å². The number of thiophene rings is 1. The molecule has 2 heterocycles. The molecule has 1 aromatic heterocycles. The van der Waals surface area contributed by atoms with Crippen molar-refractivity contribution >= 4 is 17.3 Å². The third kappa shape index (κ3) is 6.06. The molecule has 1 aliphatic rings. The molecule has 5 nitrogen and oxygen atoms in total. The van der Waals surface area contributed by atoms with E-state index in [9.17, 15) is 0 Å². The average molecular weight is 387 g/mol. The van der Waals surface area contributed by atoms with Crippen LogP contribution in [0.25, 0.3) is 0 Å². The number of aliphatic imine (C=N–C) groups is 1. The van der Waals surface area contributed by atoms with Gasteiger partial charge in [0.15, 0.2) is 5.96 Å². The van der Waals surface area contributed by atoms with E-state index >= 15 is 0 Å². The predicted octanol–water partition coefficient (Wildman–Crippen LogP) is 3.22. The van der Waals surface area contributed by atoms with Crippen molar-refractivity contribution in [1.82, 2.24) is 15.5 Å². The first-order valence-corrected chi connectivity index (χ1v) is 10.5. The first-order chi connectivity index (χ1) is 13.1. The molecule has 6 heteroatoms. The van der Waals surface area contributed by atoms with Gasteiger partial charge >= 0.3 is 0 Å². The number of hydrogen-bond donors (Lipinski definition) is 2. The smallest absolute Gasteiger partial charge is 0.191 e. The van der Waals surface area contributed by atoms with Crippen molar-refractivity contribution in [1.29, 1.82) is 0 Å². The lowest BCUT2D eigenvalue weighted by Crippen LogP contribution is -2.45. The van der Waals surface area contributed by atoms with Crippen molar-refractivity contribution in [2.75, 3.05) is 20.1 Å². The Labute approximate surface area is 166 Å². The Balaban J connectivity index is 1.56. The Morgan fingerprint density at radius 1 is 1.11 bits per heavy atom. The molecule has 1 fully saturated rings. The van der Waals surface area contributed by atoms with E-state index in [1.54, 1.807) is 11.3 Å². The van der Waals surface area contributed by atoms with Gasteiger partial charge in [0.1, 0.15) is 0 Å². The van der Waals surface area contributed by atoms with Gasteiger partial charge in [0.05, 0.1) is 12.2 Å². The molecule has 0 aliphatic carbocycles. The molecule has 146 valence electrons. The molecule has 27 heavy (non-hydrogen) atoms. The average Bonchev–Trinajstić information content (AvgIpc) is 3.16. The maximum atomic E-state index is 5.86. The van der Waals surface area contributed by atoms with Crippen LogP contribution >= 0.6 is 11.3 Å². The Morgan fingerprint density at radius 3 is 2.48 bits per heavy atom. The van der Waals surface area contributed by atoms with E-state index < -0.39 is 0 Å². The first-order valence-electron chi connectivity index (χ1n) is 9.54. The van der Waals surface area contributed by atoms with Gasteiger partial charge in [-0.3, -0.25) is 9.89 Å². The summed E-state index contributed by atoms with van der Waals surface area (Å²) in [5, 5.41) is 11.1. The molecule has 2 atom stereocenters. The Bertz CT molecular complexity index is 722. The maximum absolute atomic E-state index is 5.86. The zero-order valence-electron chi connectivity index (χ0n) is 16.4. The Morgan fingerprint density at radius 2 is 1.81 bits per heavy atom. The molecule has 1 saturated heterocycles. The fourth-order valence-electron chi connectivity index (χ4n) is 3.52. The topological polar surface area (TPSA) is 48.9 Å².